The lowest BCUT2D eigenvalue weighted by molar-refractivity contribution is -0.180. The van der Waals surface area contributed by atoms with E-state index in [0.717, 1.165) is 5.56 Å². The Morgan fingerprint density at radius 3 is 2.10 bits per heavy atom. The van der Waals surface area contributed by atoms with Crippen molar-refractivity contribution in [3.63, 3.8) is 0 Å². The standard InChI is InChI=1S/C22H36N2O5/c1-7-27-21(28-8-2)16(3)24(15-17-12-10-9-11-13-17)20(26)18(23)14-19(25)29-22(4,5)6/h9-13,16,18,21H,7-8,14-15,23H2,1-6H3. The van der Waals surface area contributed by atoms with Gasteiger partial charge in [0.2, 0.25) is 5.91 Å². The molecule has 0 bridgehead atoms. The molecule has 0 aliphatic carbocycles. The number of ether oxygens (including phenoxy) is 3. The average Bonchev–Trinajstić information content (AvgIpc) is 2.64. The molecule has 0 radical (unpaired) electrons. The van der Waals surface area contributed by atoms with Crippen LogP contribution in [0.15, 0.2) is 30.3 Å². The molecule has 2 atom stereocenters. The highest BCUT2D eigenvalue weighted by Gasteiger charge is 2.33. The van der Waals surface area contributed by atoms with Gasteiger partial charge in [-0.15, -0.1) is 0 Å². The summed E-state index contributed by atoms with van der Waals surface area (Å²) >= 11 is 0. The molecular formula is C22H36N2O5. The fraction of sp³-hybridized carbons (Fsp3) is 0.636. The van der Waals surface area contributed by atoms with E-state index in [0.29, 0.717) is 19.8 Å². The maximum absolute atomic E-state index is 13.2. The first-order valence-corrected chi connectivity index (χ1v) is 10.1. The molecule has 0 spiro atoms. The molecule has 0 aromatic heterocycles. The average molecular weight is 409 g/mol. The van der Waals surface area contributed by atoms with Crippen molar-refractivity contribution in [1.82, 2.24) is 4.90 Å². The number of nitrogens with zero attached hydrogens (tertiary/aromatic N) is 1. The summed E-state index contributed by atoms with van der Waals surface area (Å²) in [6.07, 6.45) is -0.784. The molecule has 29 heavy (non-hydrogen) atoms. The second kappa shape index (κ2) is 11.9. The molecule has 7 nitrogen and oxygen atoms in total. The molecule has 0 saturated heterocycles. The van der Waals surface area contributed by atoms with E-state index in [2.05, 4.69) is 0 Å². The maximum Gasteiger partial charge on any atom is 0.308 e. The number of amides is 1. The number of carbonyl (C=O) groups is 2. The van der Waals surface area contributed by atoms with E-state index >= 15 is 0 Å². The molecule has 164 valence electrons. The fourth-order valence-corrected chi connectivity index (χ4v) is 2.87. The van der Waals surface area contributed by atoms with Crippen molar-refractivity contribution >= 4 is 11.9 Å². The Bertz CT molecular complexity index is 624. The van der Waals surface area contributed by atoms with E-state index in [1.54, 1.807) is 25.7 Å². The third-order valence-corrected chi connectivity index (χ3v) is 4.15. The van der Waals surface area contributed by atoms with Gasteiger partial charge in [-0.3, -0.25) is 9.59 Å². The molecule has 0 heterocycles. The van der Waals surface area contributed by atoms with Crippen LogP contribution in [0.2, 0.25) is 0 Å². The molecule has 1 amide bonds. The van der Waals surface area contributed by atoms with Gasteiger partial charge < -0.3 is 24.8 Å². The molecule has 1 aromatic rings. The van der Waals surface area contributed by atoms with Crippen LogP contribution in [0.4, 0.5) is 0 Å². The van der Waals surface area contributed by atoms with Crippen LogP contribution in [0.25, 0.3) is 0 Å². The number of rotatable bonds is 11. The van der Waals surface area contributed by atoms with Gasteiger partial charge in [-0.2, -0.15) is 0 Å². The number of esters is 1. The summed E-state index contributed by atoms with van der Waals surface area (Å²) < 4.78 is 16.7. The molecule has 1 aromatic carbocycles. The molecule has 7 heteroatoms. The highest BCUT2D eigenvalue weighted by molar-refractivity contribution is 5.86. The Kier molecular flexibility index (Phi) is 10.3. The minimum atomic E-state index is -1.01. The van der Waals surface area contributed by atoms with Gasteiger partial charge in [-0.05, 0) is 47.1 Å². The normalized spacial score (nSPS) is 13.8. The Balaban J connectivity index is 3.01. The lowest BCUT2D eigenvalue weighted by Gasteiger charge is -2.35. The Morgan fingerprint density at radius 1 is 1.07 bits per heavy atom. The van der Waals surface area contributed by atoms with Crippen molar-refractivity contribution in [2.24, 2.45) is 5.73 Å². The first-order chi connectivity index (χ1) is 13.6. The number of hydrogen-bond acceptors (Lipinski definition) is 6. The van der Waals surface area contributed by atoms with E-state index in [1.165, 1.54) is 0 Å². The van der Waals surface area contributed by atoms with Crippen LogP contribution in [0.5, 0.6) is 0 Å². The first kappa shape index (κ1) is 25.1. The fourth-order valence-electron chi connectivity index (χ4n) is 2.87. The number of nitrogens with two attached hydrogens (primary N) is 1. The molecule has 2 N–H and O–H groups in total. The van der Waals surface area contributed by atoms with E-state index in [9.17, 15) is 9.59 Å². The van der Waals surface area contributed by atoms with Crippen LogP contribution in [0.3, 0.4) is 0 Å². The maximum atomic E-state index is 13.2. The molecule has 1 rings (SSSR count). The minimum absolute atomic E-state index is 0.192. The molecule has 0 saturated carbocycles. The van der Waals surface area contributed by atoms with Gasteiger partial charge in [-0.1, -0.05) is 30.3 Å². The topological polar surface area (TPSA) is 91.1 Å². The number of carbonyl (C=O) groups excluding carboxylic acids is 2. The summed E-state index contributed by atoms with van der Waals surface area (Å²) in [5.41, 5.74) is 6.42. The number of hydrogen-bond donors (Lipinski definition) is 1. The van der Waals surface area contributed by atoms with Gasteiger partial charge >= 0.3 is 5.97 Å². The third kappa shape index (κ3) is 8.94. The summed E-state index contributed by atoms with van der Waals surface area (Å²) in [5.74, 6) is -0.853. The zero-order valence-corrected chi connectivity index (χ0v) is 18.5. The second-order valence-electron chi connectivity index (χ2n) is 7.87. The SMILES string of the molecule is CCOC(OCC)C(C)N(Cc1ccccc1)C(=O)C(N)CC(=O)OC(C)(C)C. The summed E-state index contributed by atoms with van der Waals surface area (Å²) in [7, 11) is 0. The summed E-state index contributed by atoms with van der Waals surface area (Å²) in [6.45, 7) is 12.2. The molecule has 2 unspecified atom stereocenters. The Hall–Kier alpha value is -1.96. The monoisotopic (exact) mass is 408 g/mol. The molecular weight excluding hydrogens is 372 g/mol. The second-order valence-corrected chi connectivity index (χ2v) is 7.87. The third-order valence-electron chi connectivity index (χ3n) is 4.15. The van der Waals surface area contributed by atoms with E-state index < -0.39 is 29.9 Å². The van der Waals surface area contributed by atoms with Crippen LogP contribution in [-0.2, 0) is 30.3 Å². The van der Waals surface area contributed by atoms with Gasteiger partial charge in [0.1, 0.15) is 5.60 Å². The van der Waals surface area contributed by atoms with Gasteiger partial charge in [0.05, 0.1) is 18.5 Å². The lowest BCUT2D eigenvalue weighted by Crippen LogP contribution is -2.53. The van der Waals surface area contributed by atoms with Crippen molar-refractivity contribution < 1.29 is 23.8 Å². The van der Waals surface area contributed by atoms with Gasteiger partial charge in [0.25, 0.3) is 0 Å². The predicted octanol–water partition coefficient (Wildman–Crippen LogP) is 2.86. The Morgan fingerprint density at radius 2 is 1.62 bits per heavy atom. The van der Waals surface area contributed by atoms with Crippen molar-refractivity contribution in [2.75, 3.05) is 13.2 Å². The van der Waals surface area contributed by atoms with Crippen molar-refractivity contribution in [3.05, 3.63) is 35.9 Å². The lowest BCUT2D eigenvalue weighted by atomic mass is 10.1. The largest absolute Gasteiger partial charge is 0.460 e. The first-order valence-electron chi connectivity index (χ1n) is 10.1. The van der Waals surface area contributed by atoms with Gasteiger partial charge in [0.15, 0.2) is 6.29 Å². The zero-order valence-electron chi connectivity index (χ0n) is 18.5. The minimum Gasteiger partial charge on any atom is -0.460 e. The summed E-state index contributed by atoms with van der Waals surface area (Å²) in [5, 5.41) is 0. The van der Waals surface area contributed by atoms with Gasteiger partial charge in [0, 0.05) is 19.8 Å². The number of benzene rings is 1. The van der Waals surface area contributed by atoms with Crippen molar-refractivity contribution in [1.29, 1.82) is 0 Å². The predicted molar refractivity (Wildman–Crippen MR) is 112 cm³/mol. The van der Waals surface area contributed by atoms with Crippen molar-refractivity contribution in [2.45, 2.75) is 78.5 Å². The van der Waals surface area contributed by atoms with Crippen LogP contribution in [0.1, 0.15) is 53.5 Å². The van der Waals surface area contributed by atoms with E-state index in [1.807, 2.05) is 51.1 Å². The highest BCUT2D eigenvalue weighted by atomic mass is 16.7. The van der Waals surface area contributed by atoms with E-state index in [4.69, 9.17) is 19.9 Å². The van der Waals surface area contributed by atoms with Crippen LogP contribution in [-0.4, -0.2) is 54.0 Å². The summed E-state index contributed by atoms with van der Waals surface area (Å²) in [4.78, 5) is 26.9. The quantitative estimate of drug-likeness (QED) is 0.447. The van der Waals surface area contributed by atoms with Crippen LogP contribution in [0, 0.1) is 0 Å². The van der Waals surface area contributed by atoms with Crippen LogP contribution < -0.4 is 5.73 Å². The molecule has 0 aliphatic rings. The molecule has 0 aliphatic heterocycles. The Labute approximate surface area is 174 Å². The molecule has 0 fully saturated rings. The van der Waals surface area contributed by atoms with Crippen LogP contribution >= 0.6 is 0 Å². The smallest absolute Gasteiger partial charge is 0.308 e. The zero-order chi connectivity index (χ0) is 22.0. The van der Waals surface area contributed by atoms with E-state index in [-0.39, 0.29) is 12.3 Å². The highest BCUT2D eigenvalue weighted by Crippen LogP contribution is 2.17. The van der Waals surface area contributed by atoms with Gasteiger partial charge in [-0.25, -0.2) is 0 Å². The van der Waals surface area contributed by atoms with Crippen molar-refractivity contribution in [3.8, 4) is 0 Å². The summed E-state index contributed by atoms with van der Waals surface area (Å²) in [6, 6.07) is 8.19.